The van der Waals surface area contributed by atoms with Gasteiger partial charge in [-0.2, -0.15) is 5.26 Å². The van der Waals surface area contributed by atoms with Crippen LogP contribution in [0.5, 0.6) is 0 Å². The molecule has 72 valence electrons. The molecule has 1 aliphatic rings. The number of carbonyl (C=O) groups excluding carboxylic acids is 1. The Morgan fingerprint density at radius 1 is 1.38 bits per heavy atom. The molecule has 2 nitrogen and oxygen atoms in total. The van der Waals surface area contributed by atoms with Crippen molar-refractivity contribution < 1.29 is 4.79 Å². The highest BCUT2D eigenvalue weighted by Gasteiger charge is 2.36. The number of nitrogens with zero attached hydrogens (tertiary/aromatic N) is 1. The third-order valence-electron chi connectivity index (χ3n) is 2.89. The minimum atomic E-state index is -0.393. The second-order valence-corrected chi connectivity index (χ2v) is 4.38. The summed E-state index contributed by atoms with van der Waals surface area (Å²) in [5.74, 6) is 0.587. The van der Waals surface area contributed by atoms with E-state index in [0.29, 0.717) is 5.92 Å². The zero-order chi connectivity index (χ0) is 10.0. The predicted octanol–water partition coefficient (Wildman–Crippen LogP) is 2.40. The van der Waals surface area contributed by atoms with E-state index in [1.165, 1.54) is 12.8 Å². The molecule has 0 bridgehead atoms. The first-order chi connectivity index (χ1) is 6.07. The fourth-order valence-electron chi connectivity index (χ4n) is 1.65. The number of Topliss-reactive ketones (excluding diaryl/α,β-unsaturated/α-hetero) is 1. The third kappa shape index (κ3) is 2.30. The largest absolute Gasteiger partial charge is 0.298 e. The van der Waals surface area contributed by atoms with Gasteiger partial charge in [-0.25, -0.2) is 0 Å². The van der Waals surface area contributed by atoms with Gasteiger partial charge < -0.3 is 0 Å². The first-order valence-corrected chi connectivity index (χ1v) is 5.01. The minimum Gasteiger partial charge on any atom is -0.298 e. The van der Waals surface area contributed by atoms with Gasteiger partial charge >= 0.3 is 0 Å². The number of nitriles is 1. The van der Waals surface area contributed by atoms with Gasteiger partial charge in [-0.3, -0.25) is 4.79 Å². The molecular formula is C11H17NO. The lowest BCUT2D eigenvalue weighted by atomic mass is 9.85. The fourth-order valence-corrected chi connectivity index (χ4v) is 1.65. The Balaban J connectivity index is 2.58. The van der Waals surface area contributed by atoms with Gasteiger partial charge in [0.25, 0.3) is 0 Å². The van der Waals surface area contributed by atoms with Gasteiger partial charge in [-0.05, 0) is 24.7 Å². The topological polar surface area (TPSA) is 40.9 Å². The van der Waals surface area contributed by atoms with E-state index in [4.69, 9.17) is 5.26 Å². The highest BCUT2D eigenvalue weighted by Crippen LogP contribution is 2.38. The molecule has 0 aromatic heterocycles. The van der Waals surface area contributed by atoms with Crippen LogP contribution in [0.15, 0.2) is 0 Å². The van der Waals surface area contributed by atoms with Crippen LogP contribution in [-0.4, -0.2) is 5.78 Å². The molecule has 2 heteroatoms. The summed E-state index contributed by atoms with van der Waals surface area (Å²) in [6.07, 6.45) is 2.34. The minimum absolute atomic E-state index is 0.104. The van der Waals surface area contributed by atoms with Crippen LogP contribution in [0.25, 0.3) is 0 Å². The van der Waals surface area contributed by atoms with Gasteiger partial charge in [0.15, 0.2) is 5.78 Å². The summed E-state index contributed by atoms with van der Waals surface area (Å²) in [4.78, 5) is 11.8. The van der Waals surface area contributed by atoms with Gasteiger partial charge in [0.05, 0.1) is 6.07 Å². The van der Waals surface area contributed by atoms with Crippen molar-refractivity contribution in [1.29, 1.82) is 5.26 Å². The zero-order valence-electron chi connectivity index (χ0n) is 8.58. The third-order valence-corrected chi connectivity index (χ3v) is 2.89. The van der Waals surface area contributed by atoms with Crippen LogP contribution in [0, 0.1) is 35.0 Å². The van der Waals surface area contributed by atoms with Gasteiger partial charge in [-0.1, -0.05) is 20.8 Å². The van der Waals surface area contributed by atoms with E-state index >= 15 is 0 Å². The highest BCUT2D eigenvalue weighted by molar-refractivity contribution is 5.86. The molecule has 0 spiro atoms. The van der Waals surface area contributed by atoms with Gasteiger partial charge in [0.1, 0.15) is 5.92 Å². The second kappa shape index (κ2) is 3.91. The van der Waals surface area contributed by atoms with E-state index in [2.05, 4.69) is 6.07 Å². The predicted molar refractivity (Wildman–Crippen MR) is 50.8 cm³/mol. The summed E-state index contributed by atoms with van der Waals surface area (Å²) in [6, 6.07) is 2.12. The fraction of sp³-hybridized carbons (Fsp3) is 0.818. The summed E-state index contributed by atoms with van der Waals surface area (Å²) < 4.78 is 0. The molecule has 0 aliphatic heterocycles. The first-order valence-electron chi connectivity index (χ1n) is 5.01. The van der Waals surface area contributed by atoms with Crippen molar-refractivity contribution in [2.75, 3.05) is 0 Å². The quantitative estimate of drug-likeness (QED) is 0.665. The van der Waals surface area contributed by atoms with E-state index in [1.807, 2.05) is 20.8 Å². The molecular weight excluding hydrogens is 162 g/mol. The van der Waals surface area contributed by atoms with E-state index in [1.54, 1.807) is 0 Å². The van der Waals surface area contributed by atoms with Crippen LogP contribution in [0.3, 0.4) is 0 Å². The standard InChI is InChI=1S/C11H17NO/c1-7(2)10(6-12)11(13)8(3)9-4-5-9/h7-10H,4-5H2,1-3H3. The second-order valence-electron chi connectivity index (χ2n) is 4.38. The summed E-state index contributed by atoms with van der Waals surface area (Å²) in [5.41, 5.74) is 0. The van der Waals surface area contributed by atoms with Gasteiger partial charge in [-0.15, -0.1) is 0 Å². The average molecular weight is 179 g/mol. The Labute approximate surface area is 79.9 Å². The molecule has 2 atom stereocenters. The lowest BCUT2D eigenvalue weighted by Gasteiger charge is -2.16. The van der Waals surface area contributed by atoms with Gasteiger partial charge in [0, 0.05) is 5.92 Å². The molecule has 0 radical (unpaired) electrons. The van der Waals surface area contributed by atoms with Crippen molar-refractivity contribution in [2.24, 2.45) is 23.7 Å². The number of hydrogen-bond donors (Lipinski definition) is 0. The number of carbonyl (C=O) groups is 1. The monoisotopic (exact) mass is 179 g/mol. The molecule has 0 saturated heterocycles. The molecule has 0 N–H and O–H groups in total. The highest BCUT2D eigenvalue weighted by atomic mass is 16.1. The van der Waals surface area contributed by atoms with E-state index in [9.17, 15) is 4.79 Å². The molecule has 1 rings (SSSR count). The van der Waals surface area contributed by atoms with Crippen molar-refractivity contribution >= 4 is 5.78 Å². The molecule has 0 aromatic rings. The van der Waals surface area contributed by atoms with Crippen molar-refractivity contribution in [1.82, 2.24) is 0 Å². The van der Waals surface area contributed by atoms with Crippen molar-refractivity contribution in [2.45, 2.75) is 33.6 Å². The van der Waals surface area contributed by atoms with Crippen LogP contribution in [0.2, 0.25) is 0 Å². The summed E-state index contributed by atoms with van der Waals surface area (Å²) >= 11 is 0. The van der Waals surface area contributed by atoms with E-state index < -0.39 is 5.92 Å². The molecule has 1 saturated carbocycles. The maximum Gasteiger partial charge on any atom is 0.153 e. The van der Waals surface area contributed by atoms with Crippen LogP contribution in [-0.2, 0) is 4.79 Å². The zero-order valence-corrected chi connectivity index (χ0v) is 8.58. The number of hydrogen-bond acceptors (Lipinski definition) is 2. The molecule has 0 aromatic carbocycles. The Kier molecular flexibility index (Phi) is 3.08. The Morgan fingerprint density at radius 2 is 1.92 bits per heavy atom. The number of rotatable bonds is 4. The lowest BCUT2D eigenvalue weighted by molar-refractivity contribution is -0.126. The Hall–Kier alpha value is -0.840. The van der Waals surface area contributed by atoms with Gasteiger partial charge in [0.2, 0.25) is 0 Å². The molecule has 1 fully saturated rings. The molecule has 2 unspecified atom stereocenters. The normalized spacial score (nSPS) is 20.8. The van der Waals surface area contributed by atoms with Crippen molar-refractivity contribution in [3.63, 3.8) is 0 Å². The molecule has 13 heavy (non-hydrogen) atoms. The Bertz CT molecular complexity index is 235. The van der Waals surface area contributed by atoms with Crippen molar-refractivity contribution in [3.8, 4) is 6.07 Å². The van der Waals surface area contributed by atoms with Crippen LogP contribution >= 0.6 is 0 Å². The maximum atomic E-state index is 11.8. The molecule has 0 heterocycles. The Morgan fingerprint density at radius 3 is 2.23 bits per heavy atom. The van der Waals surface area contributed by atoms with E-state index in [-0.39, 0.29) is 17.6 Å². The average Bonchev–Trinajstić information content (AvgIpc) is 2.85. The smallest absolute Gasteiger partial charge is 0.153 e. The first kappa shape index (κ1) is 10.2. The lowest BCUT2D eigenvalue weighted by Crippen LogP contribution is -2.25. The number of ketones is 1. The molecule has 1 aliphatic carbocycles. The summed E-state index contributed by atoms with van der Waals surface area (Å²) in [6.45, 7) is 5.84. The van der Waals surface area contributed by atoms with Crippen molar-refractivity contribution in [3.05, 3.63) is 0 Å². The van der Waals surface area contributed by atoms with E-state index in [0.717, 1.165) is 0 Å². The maximum absolute atomic E-state index is 11.8. The van der Waals surface area contributed by atoms with Crippen LogP contribution in [0.1, 0.15) is 33.6 Å². The summed E-state index contributed by atoms with van der Waals surface area (Å²) in [5, 5.41) is 8.85. The summed E-state index contributed by atoms with van der Waals surface area (Å²) in [7, 11) is 0. The SMILES string of the molecule is CC(C)C(C#N)C(=O)C(C)C1CC1. The van der Waals surface area contributed by atoms with Crippen LogP contribution < -0.4 is 0 Å². The van der Waals surface area contributed by atoms with Crippen LogP contribution in [0.4, 0.5) is 0 Å². The molecule has 0 amide bonds.